The van der Waals surface area contributed by atoms with E-state index in [-0.39, 0.29) is 11.9 Å². The number of aromatic nitrogens is 2. The highest BCUT2D eigenvalue weighted by molar-refractivity contribution is 5.95. The van der Waals surface area contributed by atoms with Crippen LogP contribution in [0, 0.1) is 0 Å². The molecule has 2 aromatic rings. The fourth-order valence-electron chi connectivity index (χ4n) is 3.34. The van der Waals surface area contributed by atoms with E-state index in [1.807, 2.05) is 17.3 Å². The third-order valence-electron chi connectivity index (χ3n) is 4.54. The van der Waals surface area contributed by atoms with Crippen LogP contribution >= 0.6 is 0 Å². The summed E-state index contributed by atoms with van der Waals surface area (Å²) in [5, 5.41) is 2.49. The van der Waals surface area contributed by atoms with Crippen LogP contribution in [-0.4, -0.2) is 39.5 Å². The highest BCUT2D eigenvalue weighted by Gasteiger charge is 2.26. The van der Waals surface area contributed by atoms with Gasteiger partial charge in [0.2, 0.25) is 0 Å². The van der Waals surface area contributed by atoms with Crippen molar-refractivity contribution in [3.63, 3.8) is 0 Å². The predicted octanol–water partition coefficient (Wildman–Crippen LogP) is 2.41. The van der Waals surface area contributed by atoms with Crippen molar-refractivity contribution in [3.8, 4) is 0 Å². The second-order valence-electron chi connectivity index (χ2n) is 6.22. The molecule has 0 aliphatic carbocycles. The number of nitrogens with two attached hydrogens (primary N) is 1. The van der Waals surface area contributed by atoms with E-state index in [1.54, 1.807) is 24.3 Å². The number of hydrogen-bond donors (Lipinski definition) is 2. The smallest absolute Gasteiger partial charge is 0.316 e. The van der Waals surface area contributed by atoms with Gasteiger partial charge < -0.3 is 20.5 Å². The standard InChI is InChI=1S/C18H23N5O2/c1-2-16-20-9-11-23(16)15-4-3-10-22(12-15)17(24)13-5-7-14(8-6-13)21-18(19)25/h5-9,11,15H,2-4,10,12H2,1H3,(H3,19,21,25). The van der Waals surface area contributed by atoms with Gasteiger partial charge in [0.1, 0.15) is 5.82 Å². The summed E-state index contributed by atoms with van der Waals surface area (Å²) in [6.45, 7) is 3.53. The van der Waals surface area contributed by atoms with E-state index >= 15 is 0 Å². The number of piperidine rings is 1. The molecular formula is C18H23N5O2. The number of carbonyl (C=O) groups excluding carboxylic acids is 2. The number of nitrogens with zero attached hydrogens (tertiary/aromatic N) is 3. The van der Waals surface area contributed by atoms with Crippen LogP contribution in [0.1, 0.15) is 42.0 Å². The van der Waals surface area contributed by atoms with Gasteiger partial charge in [-0.25, -0.2) is 9.78 Å². The van der Waals surface area contributed by atoms with Crippen LogP contribution in [0.15, 0.2) is 36.7 Å². The van der Waals surface area contributed by atoms with Crippen molar-refractivity contribution in [2.75, 3.05) is 18.4 Å². The van der Waals surface area contributed by atoms with Crippen molar-refractivity contribution in [2.24, 2.45) is 5.73 Å². The summed E-state index contributed by atoms with van der Waals surface area (Å²) in [5.41, 5.74) is 6.28. The summed E-state index contributed by atoms with van der Waals surface area (Å²) in [6.07, 6.45) is 6.73. The number of rotatable bonds is 4. The largest absolute Gasteiger partial charge is 0.351 e. The van der Waals surface area contributed by atoms with Crippen LogP contribution in [0.4, 0.5) is 10.5 Å². The maximum atomic E-state index is 12.8. The molecule has 7 heteroatoms. The topological polar surface area (TPSA) is 93.2 Å². The van der Waals surface area contributed by atoms with Gasteiger partial charge in [-0.2, -0.15) is 0 Å². The molecule has 1 aromatic heterocycles. The molecule has 1 fully saturated rings. The number of primary amides is 1. The molecular weight excluding hydrogens is 318 g/mol. The van der Waals surface area contributed by atoms with Crippen molar-refractivity contribution in [2.45, 2.75) is 32.2 Å². The van der Waals surface area contributed by atoms with Crippen molar-refractivity contribution < 1.29 is 9.59 Å². The van der Waals surface area contributed by atoms with Crippen molar-refractivity contribution in [1.82, 2.24) is 14.5 Å². The van der Waals surface area contributed by atoms with Gasteiger partial charge in [0.05, 0.1) is 6.04 Å². The van der Waals surface area contributed by atoms with Crippen LogP contribution in [0.25, 0.3) is 0 Å². The first kappa shape index (κ1) is 17.0. The fourth-order valence-corrected chi connectivity index (χ4v) is 3.34. The quantitative estimate of drug-likeness (QED) is 0.894. The number of urea groups is 1. The molecule has 1 aliphatic heterocycles. The lowest BCUT2D eigenvalue weighted by atomic mass is 10.0. The molecule has 1 aromatic carbocycles. The summed E-state index contributed by atoms with van der Waals surface area (Å²) < 4.78 is 2.19. The molecule has 1 unspecified atom stereocenters. The Morgan fingerprint density at radius 3 is 2.76 bits per heavy atom. The molecule has 1 atom stereocenters. The lowest BCUT2D eigenvalue weighted by molar-refractivity contribution is 0.0678. The van der Waals surface area contributed by atoms with E-state index in [9.17, 15) is 9.59 Å². The fraction of sp³-hybridized carbons (Fsp3) is 0.389. The van der Waals surface area contributed by atoms with Gasteiger partial charge in [-0.15, -0.1) is 0 Å². The third-order valence-corrected chi connectivity index (χ3v) is 4.54. The number of imidazole rings is 1. The Balaban J connectivity index is 1.70. The number of benzene rings is 1. The zero-order valence-electron chi connectivity index (χ0n) is 14.3. The third kappa shape index (κ3) is 3.81. The van der Waals surface area contributed by atoms with E-state index < -0.39 is 6.03 Å². The Kier molecular flexibility index (Phi) is 5.02. The molecule has 2 heterocycles. The van der Waals surface area contributed by atoms with E-state index in [2.05, 4.69) is 21.8 Å². The zero-order valence-corrected chi connectivity index (χ0v) is 14.3. The zero-order chi connectivity index (χ0) is 17.8. The monoisotopic (exact) mass is 341 g/mol. The molecule has 3 N–H and O–H groups in total. The maximum Gasteiger partial charge on any atom is 0.316 e. The van der Waals surface area contributed by atoms with E-state index in [4.69, 9.17) is 5.73 Å². The molecule has 3 rings (SSSR count). The Morgan fingerprint density at radius 2 is 2.08 bits per heavy atom. The van der Waals surface area contributed by atoms with Crippen LogP contribution in [0.3, 0.4) is 0 Å². The molecule has 1 aliphatic rings. The molecule has 3 amide bonds. The van der Waals surface area contributed by atoms with Gasteiger partial charge in [0, 0.05) is 43.2 Å². The average molecular weight is 341 g/mol. The number of hydrogen-bond acceptors (Lipinski definition) is 3. The Bertz CT molecular complexity index is 753. The normalized spacial score (nSPS) is 17.3. The van der Waals surface area contributed by atoms with E-state index in [1.165, 1.54) is 0 Å². The van der Waals surface area contributed by atoms with Gasteiger partial charge in [0.15, 0.2) is 0 Å². The molecule has 1 saturated heterocycles. The lowest BCUT2D eigenvalue weighted by Gasteiger charge is -2.34. The van der Waals surface area contributed by atoms with Gasteiger partial charge in [0.25, 0.3) is 5.91 Å². The molecule has 0 bridgehead atoms. The second-order valence-corrected chi connectivity index (χ2v) is 6.22. The van der Waals surface area contributed by atoms with Gasteiger partial charge in [-0.1, -0.05) is 6.92 Å². The Morgan fingerprint density at radius 1 is 1.32 bits per heavy atom. The maximum absolute atomic E-state index is 12.8. The SMILES string of the molecule is CCc1nccn1C1CCCN(C(=O)c2ccc(NC(N)=O)cc2)C1. The highest BCUT2D eigenvalue weighted by Crippen LogP contribution is 2.24. The Hall–Kier alpha value is -2.83. The summed E-state index contributed by atoms with van der Waals surface area (Å²) >= 11 is 0. The number of aryl methyl sites for hydroxylation is 1. The van der Waals surface area contributed by atoms with Crippen LogP contribution in [0.2, 0.25) is 0 Å². The van der Waals surface area contributed by atoms with Gasteiger partial charge >= 0.3 is 6.03 Å². The minimum atomic E-state index is -0.620. The van der Waals surface area contributed by atoms with E-state index in [0.29, 0.717) is 17.8 Å². The first-order valence-corrected chi connectivity index (χ1v) is 8.56. The van der Waals surface area contributed by atoms with Crippen LogP contribution < -0.4 is 11.1 Å². The molecule has 25 heavy (non-hydrogen) atoms. The van der Waals surface area contributed by atoms with Crippen LogP contribution in [0.5, 0.6) is 0 Å². The highest BCUT2D eigenvalue weighted by atomic mass is 16.2. The van der Waals surface area contributed by atoms with Gasteiger partial charge in [-0.3, -0.25) is 4.79 Å². The number of nitrogens with one attached hydrogen (secondary N) is 1. The van der Waals surface area contributed by atoms with Crippen molar-refractivity contribution in [3.05, 3.63) is 48.0 Å². The second kappa shape index (κ2) is 7.38. The molecule has 7 nitrogen and oxygen atoms in total. The molecule has 0 radical (unpaired) electrons. The molecule has 0 saturated carbocycles. The van der Waals surface area contributed by atoms with Gasteiger partial charge in [-0.05, 0) is 37.1 Å². The molecule has 0 spiro atoms. The van der Waals surface area contributed by atoms with Crippen molar-refractivity contribution in [1.29, 1.82) is 0 Å². The molecule has 132 valence electrons. The predicted molar refractivity (Wildman–Crippen MR) is 95.4 cm³/mol. The Labute approximate surface area is 146 Å². The van der Waals surface area contributed by atoms with Crippen LogP contribution in [-0.2, 0) is 6.42 Å². The summed E-state index contributed by atoms with van der Waals surface area (Å²) in [7, 11) is 0. The van der Waals surface area contributed by atoms with E-state index in [0.717, 1.165) is 31.6 Å². The number of carbonyl (C=O) groups is 2. The first-order chi connectivity index (χ1) is 12.1. The van der Waals surface area contributed by atoms with Crippen molar-refractivity contribution >= 4 is 17.6 Å². The number of anilines is 1. The first-order valence-electron chi connectivity index (χ1n) is 8.56. The average Bonchev–Trinajstić information content (AvgIpc) is 3.10. The minimum Gasteiger partial charge on any atom is -0.351 e. The number of likely N-dealkylation sites (tertiary alicyclic amines) is 1. The number of amides is 3. The summed E-state index contributed by atoms with van der Waals surface area (Å²) in [4.78, 5) is 29.9. The summed E-state index contributed by atoms with van der Waals surface area (Å²) in [6, 6.07) is 6.45. The summed E-state index contributed by atoms with van der Waals surface area (Å²) in [5.74, 6) is 1.06. The minimum absolute atomic E-state index is 0.00786. The lowest BCUT2D eigenvalue weighted by Crippen LogP contribution is -2.40.